The maximum Gasteiger partial charge on any atom is 0.399 e. The van der Waals surface area contributed by atoms with E-state index in [0.717, 1.165) is 0 Å². The fraction of sp³-hybridized carbons (Fsp3) is 0.375. The molecule has 0 unspecified atom stereocenters. The highest BCUT2D eigenvalue weighted by Crippen LogP contribution is 2.18. The summed E-state index contributed by atoms with van der Waals surface area (Å²) in [5, 5.41) is 6.36. The third kappa shape index (κ3) is 1.36. The van der Waals surface area contributed by atoms with E-state index in [-0.39, 0.29) is 17.3 Å². The van der Waals surface area contributed by atoms with Gasteiger partial charge < -0.3 is 5.32 Å². The van der Waals surface area contributed by atoms with Crippen LogP contribution in [-0.2, 0) is 18.4 Å². The Balaban J connectivity index is 2.56. The van der Waals surface area contributed by atoms with Crippen LogP contribution in [-0.4, -0.2) is 28.2 Å². The molecule has 15 heavy (non-hydrogen) atoms. The van der Waals surface area contributed by atoms with Crippen LogP contribution in [0.25, 0.3) is 0 Å². The van der Waals surface area contributed by atoms with E-state index >= 15 is 0 Å². The molecule has 1 aliphatic rings. The van der Waals surface area contributed by atoms with Crippen LogP contribution in [0.15, 0.2) is 0 Å². The number of aromatic nitrogens is 2. The van der Waals surface area contributed by atoms with Crippen molar-refractivity contribution in [3.8, 4) is 0 Å². The van der Waals surface area contributed by atoms with Crippen LogP contribution in [0.4, 0.5) is 4.53 Å². The van der Waals surface area contributed by atoms with Gasteiger partial charge in [-0.15, -0.1) is 0 Å². The lowest BCUT2D eigenvalue weighted by Gasteiger charge is -2.12. The number of nitrogens with one attached hydrogen (secondary N) is 1. The minimum absolute atomic E-state index is 0.134. The molecule has 0 atom stereocenters. The molecule has 7 heteroatoms. The van der Waals surface area contributed by atoms with Gasteiger partial charge in [-0.05, 0) is 6.42 Å². The number of carbonyl (C=O) groups is 2. The summed E-state index contributed by atoms with van der Waals surface area (Å²) in [5.74, 6) is -1.48. The molecule has 80 valence electrons. The van der Waals surface area contributed by atoms with Crippen molar-refractivity contribution in [1.29, 1.82) is 0 Å². The zero-order valence-electron chi connectivity index (χ0n) is 7.91. The smallest absolute Gasteiger partial charge is 0.350 e. The van der Waals surface area contributed by atoms with E-state index in [9.17, 15) is 14.1 Å². The van der Waals surface area contributed by atoms with Gasteiger partial charge in [-0.25, -0.2) is 9.74 Å². The lowest BCUT2D eigenvalue weighted by Crippen LogP contribution is -2.33. The number of rotatable bonds is 1. The van der Waals surface area contributed by atoms with Crippen molar-refractivity contribution >= 4 is 11.9 Å². The molecule has 0 aliphatic carbocycles. The number of halogens is 1. The molecular formula is C8H8FN3O3. The number of hydrogen-bond acceptors (Lipinski definition) is 4. The van der Waals surface area contributed by atoms with E-state index in [2.05, 4.69) is 15.4 Å². The lowest BCUT2D eigenvalue weighted by atomic mass is 10.1. The van der Waals surface area contributed by atoms with E-state index in [1.165, 1.54) is 11.7 Å². The first-order valence-corrected chi connectivity index (χ1v) is 4.32. The molecule has 1 aliphatic heterocycles. The number of hydrogen-bond donors (Lipinski definition) is 1. The number of nitrogens with zero attached hydrogens (tertiary/aromatic N) is 2. The third-order valence-corrected chi connectivity index (χ3v) is 2.28. The second kappa shape index (κ2) is 3.34. The highest BCUT2D eigenvalue weighted by Gasteiger charge is 2.29. The molecule has 1 aromatic rings. The Hall–Kier alpha value is -1.92. The highest BCUT2D eigenvalue weighted by atomic mass is 19.3. The van der Waals surface area contributed by atoms with Crippen LogP contribution in [0, 0.1) is 0 Å². The number of amides is 1. The Labute approximate surface area is 83.9 Å². The quantitative estimate of drug-likeness (QED) is 0.698. The highest BCUT2D eigenvalue weighted by molar-refractivity contribution is 5.99. The predicted octanol–water partition coefficient (Wildman–Crippen LogP) is -0.253. The molecule has 0 saturated heterocycles. The third-order valence-electron chi connectivity index (χ3n) is 2.28. The van der Waals surface area contributed by atoms with Crippen molar-refractivity contribution in [2.24, 2.45) is 7.05 Å². The topological polar surface area (TPSA) is 73.2 Å². The summed E-state index contributed by atoms with van der Waals surface area (Å²) >= 11 is 0. The molecule has 1 N–H and O–H groups in total. The minimum atomic E-state index is -1.17. The zero-order chi connectivity index (χ0) is 11.0. The molecule has 0 bridgehead atoms. The molecule has 1 aromatic heterocycles. The Bertz CT molecular complexity index is 441. The maximum absolute atomic E-state index is 11.7. The van der Waals surface area contributed by atoms with Gasteiger partial charge in [-0.1, -0.05) is 0 Å². The first kappa shape index (κ1) is 9.63. The molecule has 0 radical (unpaired) electrons. The molecule has 6 nitrogen and oxygen atoms in total. The molecule has 1 amide bonds. The van der Waals surface area contributed by atoms with Gasteiger partial charge in [0.2, 0.25) is 0 Å². The zero-order valence-corrected chi connectivity index (χ0v) is 7.91. The summed E-state index contributed by atoms with van der Waals surface area (Å²) in [5.41, 5.74) is 0.579. The van der Waals surface area contributed by atoms with Gasteiger partial charge >= 0.3 is 5.97 Å². The Morgan fingerprint density at radius 3 is 3.07 bits per heavy atom. The Kier molecular flexibility index (Phi) is 2.14. The Morgan fingerprint density at radius 1 is 1.67 bits per heavy atom. The summed E-state index contributed by atoms with van der Waals surface area (Å²) in [7, 11) is 1.51. The maximum atomic E-state index is 11.7. The van der Waals surface area contributed by atoms with Crippen molar-refractivity contribution in [2.75, 3.05) is 6.54 Å². The Morgan fingerprint density at radius 2 is 2.40 bits per heavy atom. The monoisotopic (exact) mass is 213 g/mol. The minimum Gasteiger partial charge on any atom is -0.350 e. The van der Waals surface area contributed by atoms with Gasteiger partial charge in [0, 0.05) is 23.7 Å². The molecule has 0 aromatic carbocycles. The van der Waals surface area contributed by atoms with Gasteiger partial charge in [0.05, 0.1) is 0 Å². The van der Waals surface area contributed by atoms with Crippen LogP contribution in [0.2, 0.25) is 0 Å². The summed E-state index contributed by atoms with van der Waals surface area (Å²) in [6.45, 7) is 0.407. The van der Waals surface area contributed by atoms with E-state index in [0.29, 0.717) is 18.5 Å². The van der Waals surface area contributed by atoms with Crippen LogP contribution < -0.4 is 5.32 Å². The average molecular weight is 213 g/mol. The van der Waals surface area contributed by atoms with Crippen LogP contribution in [0.1, 0.15) is 26.5 Å². The SMILES string of the molecule is Cn1nc(C(=O)OF)c2c1C(=O)NCC2. The standard InChI is InChI=1S/C8H8FN3O3/c1-12-6-4(2-3-10-7(6)13)5(11-12)8(14)15-9/h2-3H2,1H3,(H,10,13). The molecule has 0 spiro atoms. The molecule has 2 heterocycles. The van der Waals surface area contributed by atoms with Gasteiger partial charge in [-0.2, -0.15) is 5.10 Å². The average Bonchev–Trinajstić information content (AvgIpc) is 2.56. The van der Waals surface area contributed by atoms with Gasteiger partial charge in [-0.3, -0.25) is 9.48 Å². The number of fused-ring (bicyclic) bond motifs is 1. The molecule has 0 saturated carbocycles. The van der Waals surface area contributed by atoms with Crippen LogP contribution in [0.3, 0.4) is 0 Å². The molecule has 2 rings (SSSR count). The van der Waals surface area contributed by atoms with E-state index in [4.69, 9.17) is 0 Å². The van der Waals surface area contributed by atoms with Crippen molar-refractivity contribution in [2.45, 2.75) is 6.42 Å². The fourth-order valence-corrected chi connectivity index (χ4v) is 1.67. The van der Waals surface area contributed by atoms with Crippen molar-refractivity contribution < 1.29 is 19.1 Å². The second-order valence-corrected chi connectivity index (χ2v) is 3.17. The number of carbonyl (C=O) groups excluding carboxylic acids is 2. The molecular weight excluding hydrogens is 205 g/mol. The predicted molar refractivity (Wildman–Crippen MR) is 45.8 cm³/mol. The first-order valence-electron chi connectivity index (χ1n) is 4.32. The van der Waals surface area contributed by atoms with E-state index < -0.39 is 5.97 Å². The van der Waals surface area contributed by atoms with Gasteiger partial charge in [0.1, 0.15) is 5.69 Å². The second-order valence-electron chi connectivity index (χ2n) is 3.17. The molecule has 0 fully saturated rings. The first-order chi connectivity index (χ1) is 7.15. The summed E-state index contributed by atoms with van der Waals surface area (Å²) in [4.78, 5) is 25.5. The normalized spacial score (nSPS) is 14.4. The van der Waals surface area contributed by atoms with Crippen LogP contribution in [0.5, 0.6) is 0 Å². The van der Waals surface area contributed by atoms with Crippen LogP contribution >= 0.6 is 0 Å². The largest absolute Gasteiger partial charge is 0.399 e. The summed E-state index contributed by atoms with van der Waals surface area (Å²) < 4.78 is 13.0. The van der Waals surface area contributed by atoms with Crippen molar-refractivity contribution in [1.82, 2.24) is 15.1 Å². The summed E-state index contributed by atoms with van der Waals surface area (Å²) in [6.07, 6.45) is 0.444. The van der Waals surface area contributed by atoms with Crippen molar-refractivity contribution in [3.05, 3.63) is 17.0 Å². The summed E-state index contributed by atoms with van der Waals surface area (Å²) in [6, 6.07) is 0. The van der Waals surface area contributed by atoms with Crippen molar-refractivity contribution in [3.63, 3.8) is 0 Å². The van der Waals surface area contributed by atoms with E-state index in [1.54, 1.807) is 0 Å². The lowest BCUT2D eigenvalue weighted by molar-refractivity contribution is -0.0794. The van der Waals surface area contributed by atoms with E-state index in [1.807, 2.05) is 0 Å². The van der Waals surface area contributed by atoms with Gasteiger partial charge in [0.15, 0.2) is 5.69 Å². The number of aryl methyl sites for hydroxylation is 1. The fourth-order valence-electron chi connectivity index (χ4n) is 1.67. The van der Waals surface area contributed by atoms with Gasteiger partial charge in [0.25, 0.3) is 5.91 Å².